The van der Waals surface area contributed by atoms with Gasteiger partial charge in [0, 0.05) is 18.2 Å². The molecule has 1 aromatic heterocycles. The first-order valence-corrected chi connectivity index (χ1v) is 11.4. The van der Waals surface area contributed by atoms with Gasteiger partial charge in [0.05, 0.1) is 11.0 Å². The summed E-state index contributed by atoms with van der Waals surface area (Å²) in [7, 11) is 0. The topological polar surface area (TPSA) is 74.6 Å². The molecule has 0 bridgehead atoms. The minimum absolute atomic E-state index is 0.0571. The van der Waals surface area contributed by atoms with Crippen LogP contribution in [0.5, 0.6) is 17.2 Å². The predicted molar refractivity (Wildman–Crippen MR) is 129 cm³/mol. The second-order valence-electron chi connectivity index (χ2n) is 8.65. The lowest BCUT2D eigenvalue weighted by molar-refractivity contribution is 0.0943. The molecular formula is C27H27N3O4. The quantitative estimate of drug-likeness (QED) is 0.418. The van der Waals surface area contributed by atoms with Gasteiger partial charge in [0.25, 0.3) is 5.91 Å². The molecule has 1 unspecified atom stereocenters. The van der Waals surface area contributed by atoms with Crippen LogP contribution in [0.1, 0.15) is 48.6 Å². The van der Waals surface area contributed by atoms with Gasteiger partial charge in [-0.1, -0.05) is 24.3 Å². The third-order valence-electron chi connectivity index (χ3n) is 5.66. The Morgan fingerprint density at radius 3 is 2.62 bits per heavy atom. The minimum atomic E-state index is -0.309. The Hall–Kier alpha value is -4.00. The van der Waals surface area contributed by atoms with Crippen LogP contribution in [-0.2, 0) is 6.54 Å². The molecule has 5 rings (SSSR count). The van der Waals surface area contributed by atoms with E-state index in [1.54, 1.807) is 0 Å². The maximum absolute atomic E-state index is 12.6. The number of benzene rings is 3. The van der Waals surface area contributed by atoms with E-state index in [0.29, 0.717) is 12.1 Å². The van der Waals surface area contributed by atoms with Crippen molar-refractivity contribution >= 4 is 16.9 Å². The highest BCUT2D eigenvalue weighted by Crippen LogP contribution is 2.34. The Kier molecular flexibility index (Phi) is 5.84. The second kappa shape index (κ2) is 9.09. The number of aromatic nitrogens is 2. The van der Waals surface area contributed by atoms with Gasteiger partial charge in [-0.15, -0.1) is 0 Å². The number of carbonyl (C=O) groups excluding carboxylic acids is 1. The summed E-state index contributed by atoms with van der Waals surface area (Å²) in [6.07, 6.45) is -0.309. The SMILES string of the molecule is CC(C)NC(=O)c1ccc2c(c1)nc(C(C)Oc1ccccc1)n2Cc1ccc2c(c1)OCO2. The first kappa shape index (κ1) is 21.8. The third kappa shape index (κ3) is 4.41. The molecule has 3 aromatic carbocycles. The Morgan fingerprint density at radius 1 is 1.03 bits per heavy atom. The molecule has 174 valence electrons. The fraction of sp³-hybridized carbons (Fsp3) is 0.259. The standard InChI is InChI=1S/C27H27N3O4/c1-17(2)28-27(31)20-10-11-23-22(14-20)29-26(18(3)34-21-7-5-4-6-8-21)30(23)15-19-9-12-24-25(13-19)33-16-32-24/h4-14,17-18H,15-16H2,1-3H3,(H,28,31). The lowest BCUT2D eigenvalue weighted by Gasteiger charge is -2.17. The van der Waals surface area contributed by atoms with E-state index >= 15 is 0 Å². The number of ether oxygens (including phenoxy) is 3. The molecule has 0 radical (unpaired) electrons. The van der Waals surface area contributed by atoms with Gasteiger partial charge < -0.3 is 24.1 Å². The maximum Gasteiger partial charge on any atom is 0.251 e. The number of imidazole rings is 1. The van der Waals surface area contributed by atoms with Gasteiger partial charge in [-0.05, 0) is 68.8 Å². The molecule has 1 N–H and O–H groups in total. The van der Waals surface area contributed by atoms with Crippen LogP contribution in [0.15, 0.2) is 66.7 Å². The fourth-order valence-electron chi connectivity index (χ4n) is 4.09. The first-order chi connectivity index (χ1) is 16.5. The van der Waals surface area contributed by atoms with Crippen LogP contribution >= 0.6 is 0 Å². The Morgan fingerprint density at radius 2 is 1.82 bits per heavy atom. The van der Waals surface area contributed by atoms with E-state index in [1.165, 1.54) is 0 Å². The molecule has 7 heteroatoms. The van der Waals surface area contributed by atoms with Crippen molar-refractivity contribution in [3.63, 3.8) is 0 Å². The normalized spacial score (nSPS) is 13.3. The molecule has 1 atom stereocenters. The summed E-state index contributed by atoms with van der Waals surface area (Å²) >= 11 is 0. The molecule has 0 spiro atoms. The summed E-state index contributed by atoms with van der Waals surface area (Å²) in [6.45, 7) is 6.68. The van der Waals surface area contributed by atoms with Crippen LogP contribution in [0, 0.1) is 0 Å². The number of carbonyl (C=O) groups is 1. The molecule has 4 aromatic rings. The predicted octanol–water partition coefficient (Wildman–Crippen LogP) is 5.09. The van der Waals surface area contributed by atoms with Crippen molar-refractivity contribution in [2.24, 2.45) is 0 Å². The number of fused-ring (bicyclic) bond motifs is 2. The molecule has 0 aliphatic carbocycles. The molecular weight excluding hydrogens is 430 g/mol. The first-order valence-electron chi connectivity index (χ1n) is 11.4. The molecule has 34 heavy (non-hydrogen) atoms. The van der Waals surface area contributed by atoms with Crippen LogP contribution in [0.25, 0.3) is 11.0 Å². The van der Waals surface area contributed by atoms with Crippen molar-refractivity contribution in [1.29, 1.82) is 0 Å². The monoisotopic (exact) mass is 457 g/mol. The van der Waals surface area contributed by atoms with Crippen molar-refractivity contribution in [2.45, 2.75) is 39.5 Å². The number of hydrogen-bond acceptors (Lipinski definition) is 5. The minimum Gasteiger partial charge on any atom is -0.483 e. The molecule has 1 amide bonds. The smallest absolute Gasteiger partial charge is 0.251 e. The number of para-hydroxylation sites is 1. The summed E-state index contributed by atoms with van der Waals surface area (Å²) in [5, 5.41) is 2.94. The zero-order valence-corrected chi connectivity index (χ0v) is 19.4. The molecule has 1 aliphatic heterocycles. The Labute approximate surface area is 198 Å². The van der Waals surface area contributed by atoms with Crippen LogP contribution < -0.4 is 19.5 Å². The van der Waals surface area contributed by atoms with E-state index in [0.717, 1.165) is 39.7 Å². The maximum atomic E-state index is 12.6. The van der Waals surface area contributed by atoms with Gasteiger partial charge in [-0.2, -0.15) is 0 Å². The lowest BCUT2D eigenvalue weighted by Crippen LogP contribution is -2.29. The van der Waals surface area contributed by atoms with Crippen molar-refractivity contribution in [2.75, 3.05) is 6.79 Å². The number of nitrogens with one attached hydrogen (secondary N) is 1. The zero-order chi connectivity index (χ0) is 23.7. The number of hydrogen-bond donors (Lipinski definition) is 1. The molecule has 1 aliphatic rings. The number of amides is 1. The molecule has 0 fully saturated rings. The van der Waals surface area contributed by atoms with Gasteiger partial charge in [-0.25, -0.2) is 4.98 Å². The zero-order valence-electron chi connectivity index (χ0n) is 19.4. The van der Waals surface area contributed by atoms with Crippen LogP contribution in [0.4, 0.5) is 0 Å². The van der Waals surface area contributed by atoms with Gasteiger partial charge in [0.2, 0.25) is 6.79 Å². The molecule has 7 nitrogen and oxygen atoms in total. The van der Waals surface area contributed by atoms with Gasteiger partial charge in [0.15, 0.2) is 23.4 Å². The summed E-state index contributed by atoms with van der Waals surface area (Å²) in [4.78, 5) is 17.5. The Bertz CT molecular complexity index is 1330. The summed E-state index contributed by atoms with van der Waals surface area (Å²) < 4.78 is 19.3. The second-order valence-corrected chi connectivity index (χ2v) is 8.65. The fourth-order valence-corrected chi connectivity index (χ4v) is 4.09. The average molecular weight is 458 g/mol. The van der Waals surface area contributed by atoms with Gasteiger partial charge in [-0.3, -0.25) is 4.79 Å². The van der Waals surface area contributed by atoms with Crippen molar-refractivity contribution in [3.8, 4) is 17.2 Å². The summed E-state index contributed by atoms with van der Waals surface area (Å²) in [5.41, 5.74) is 3.31. The summed E-state index contributed by atoms with van der Waals surface area (Å²) in [5.74, 6) is 2.93. The van der Waals surface area contributed by atoms with Crippen molar-refractivity contribution < 1.29 is 19.0 Å². The summed E-state index contributed by atoms with van der Waals surface area (Å²) in [6, 6.07) is 21.3. The van der Waals surface area contributed by atoms with E-state index in [-0.39, 0.29) is 24.8 Å². The van der Waals surface area contributed by atoms with Crippen molar-refractivity contribution in [3.05, 3.63) is 83.7 Å². The van der Waals surface area contributed by atoms with E-state index in [9.17, 15) is 4.79 Å². The van der Waals surface area contributed by atoms with E-state index in [2.05, 4.69) is 9.88 Å². The highest BCUT2D eigenvalue weighted by atomic mass is 16.7. The van der Waals surface area contributed by atoms with Gasteiger partial charge >= 0.3 is 0 Å². The largest absolute Gasteiger partial charge is 0.483 e. The highest BCUT2D eigenvalue weighted by Gasteiger charge is 2.21. The van der Waals surface area contributed by atoms with Crippen LogP contribution in [-0.4, -0.2) is 28.3 Å². The van der Waals surface area contributed by atoms with Gasteiger partial charge in [0.1, 0.15) is 5.75 Å². The highest BCUT2D eigenvalue weighted by molar-refractivity contribution is 5.97. The Balaban J connectivity index is 1.54. The van der Waals surface area contributed by atoms with E-state index in [1.807, 2.05) is 87.5 Å². The van der Waals surface area contributed by atoms with E-state index in [4.69, 9.17) is 19.2 Å². The average Bonchev–Trinajstić information content (AvgIpc) is 3.43. The van der Waals surface area contributed by atoms with Crippen LogP contribution in [0.3, 0.4) is 0 Å². The third-order valence-corrected chi connectivity index (χ3v) is 5.66. The molecule has 2 heterocycles. The number of rotatable bonds is 7. The molecule has 0 saturated carbocycles. The van der Waals surface area contributed by atoms with Crippen LogP contribution in [0.2, 0.25) is 0 Å². The number of nitrogens with zero attached hydrogens (tertiary/aromatic N) is 2. The van der Waals surface area contributed by atoms with Crippen molar-refractivity contribution in [1.82, 2.24) is 14.9 Å². The molecule has 0 saturated heterocycles. The van der Waals surface area contributed by atoms with E-state index < -0.39 is 0 Å². The lowest BCUT2D eigenvalue weighted by atomic mass is 10.1.